The standard InChI is InChI=1S/C18H19Cl2N3O3/c19-12-7-13(20)9-16(8-12)25-11-17(24)23-14-1-3-15(4-2-14)26-18-10-21-5-6-22-18/h5-10,14-15H,1-4,11H2,(H,23,24). The Morgan fingerprint density at radius 1 is 1.12 bits per heavy atom. The largest absolute Gasteiger partial charge is 0.484 e. The normalized spacial score (nSPS) is 19.6. The molecule has 8 heteroatoms. The van der Waals surface area contributed by atoms with Crippen molar-refractivity contribution in [3.8, 4) is 11.6 Å². The van der Waals surface area contributed by atoms with Crippen LogP contribution in [0.15, 0.2) is 36.8 Å². The summed E-state index contributed by atoms with van der Waals surface area (Å²) in [5.74, 6) is 0.840. The summed E-state index contributed by atoms with van der Waals surface area (Å²) in [6, 6.07) is 4.97. The van der Waals surface area contributed by atoms with Gasteiger partial charge in [0, 0.05) is 28.5 Å². The van der Waals surface area contributed by atoms with E-state index >= 15 is 0 Å². The number of halogens is 2. The first-order valence-electron chi connectivity index (χ1n) is 8.39. The number of hydrogen-bond donors (Lipinski definition) is 1. The molecule has 1 aromatic heterocycles. The summed E-state index contributed by atoms with van der Waals surface area (Å²) in [5.41, 5.74) is 0. The number of carbonyl (C=O) groups is 1. The van der Waals surface area contributed by atoms with Crippen molar-refractivity contribution in [3.63, 3.8) is 0 Å². The lowest BCUT2D eigenvalue weighted by Gasteiger charge is -2.29. The van der Waals surface area contributed by atoms with Gasteiger partial charge in [0.15, 0.2) is 6.61 Å². The number of rotatable bonds is 6. The van der Waals surface area contributed by atoms with Crippen LogP contribution in [0.25, 0.3) is 0 Å². The maximum atomic E-state index is 12.1. The Hall–Kier alpha value is -2.05. The highest BCUT2D eigenvalue weighted by Crippen LogP contribution is 2.24. The fourth-order valence-electron chi connectivity index (χ4n) is 2.87. The van der Waals surface area contributed by atoms with Crippen LogP contribution in [-0.4, -0.2) is 34.6 Å². The van der Waals surface area contributed by atoms with E-state index in [1.165, 1.54) is 0 Å². The van der Waals surface area contributed by atoms with Gasteiger partial charge in [0.1, 0.15) is 11.9 Å². The monoisotopic (exact) mass is 395 g/mol. The second kappa shape index (κ2) is 9.05. The van der Waals surface area contributed by atoms with Crippen LogP contribution in [0.5, 0.6) is 11.6 Å². The van der Waals surface area contributed by atoms with Gasteiger partial charge in [-0.05, 0) is 43.9 Å². The number of amides is 1. The van der Waals surface area contributed by atoms with Crippen LogP contribution < -0.4 is 14.8 Å². The zero-order valence-corrected chi connectivity index (χ0v) is 15.5. The number of nitrogens with one attached hydrogen (secondary N) is 1. The highest BCUT2D eigenvalue weighted by Gasteiger charge is 2.24. The van der Waals surface area contributed by atoms with Gasteiger partial charge in [0.25, 0.3) is 5.91 Å². The van der Waals surface area contributed by atoms with Crippen LogP contribution in [0.3, 0.4) is 0 Å². The summed E-state index contributed by atoms with van der Waals surface area (Å²) in [4.78, 5) is 20.2. The molecule has 1 aliphatic carbocycles. The van der Waals surface area contributed by atoms with Crippen LogP contribution in [0.1, 0.15) is 25.7 Å². The molecule has 0 spiro atoms. The van der Waals surface area contributed by atoms with Gasteiger partial charge in [0.05, 0.1) is 6.20 Å². The molecule has 0 unspecified atom stereocenters. The van der Waals surface area contributed by atoms with Gasteiger partial charge >= 0.3 is 0 Å². The van der Waals surface area contributed by atoms with Crippen molar-refractivity contribution in [2.75, 3.05) is 6.61 Å². The fourth-order valence-corrected chi connectivity index (χ4v) is 3.38. The van der Waals surface area contributed by atoms with Crippen molar-refractivity contribution in [1.82, 2.24) is 15.3 Å². The quantitative estimate of drug-likeness (QED) is 0.807. The molecule has 6 nitrogen and oxygen atoms in total. The number of nitrogens with zero attached hydrogens (tertiary/aromatic N) is 2. The van der Waals surface area contributed by atoms with Gasteiger partial charge < -0.3 is 14.8 Å². The molecule has 26 heavy (non-hydrogen) atoms. The second-order valence-corrected chi connectivity index (χ2v) is 6.97. The Balaban J connectivity index is 1.39. The molecule has 0 bridgehead atoms. The molecule has 0 radical (unpaired) electrons. The highest BCUT2D eigenvalue weighted by atomic mass is 35.5. The second-order valence-electron chi connectivity index (χ2n) is 6.10. The zero-order valence-electron chi connectivity index (χ0n) is 14.0. The van der Waals surface area contributed by atoms with Crippen LogP contribution in [0, 0.1) is 0 Å². The van der Waals surface area contributed by atoms with Gasteiger partial charge in [-0.15, -0.1) is 0 Å². The van der Waals surface area contributed by atoms with Gasteiger partial charge in [-0.3, -0.25) is 9.78 Å². The molecule has 3 rings (SSSR count). The predicted octanol–water partition coefficient (Wildman–Crippen LogP) is 3.67. The predicted molar refractivity (Wildman–Crippen MR) is 98.8 cm³/mol. The van der Waals surface area contributed by atoms with E-state index in [-0.39, 0.29) is 24.7 Å². The molecular formula is C18H19Cl2N3O3. The number of carbonyl (C=O) groups excluding carboxylic acids is 1. The molecule has 138 valence electrons. The minimum atomic E-state index is -0.167. The van der Waals surface area contributed by atoms with E-state index in [4.69, 9.17) is 32.7 Å². The minimum Gasteiger partial charge on any atom is -0.484 e. The van der Waals surface area contributed by atoms with Crippen molar-refractivity contribution in [2.45, 2.75) is 37.8 Å². The maximum Gasteiger partial charge on any atom is 0.258 e. The Morgan fingerprint density at radius 2 is 1.85 bits per heavy atom. The summed E-state index contributed by atoms with van der Waals surface area (Å²) in [7, 11) is 0. The number of ether oxygens (including phenoxy) is 2. The molecule has 1 aromatic carbocycles. The summed E-state index contributed by atoms with van der Waals surface area (Å²) in [6.45, 7) is -0.0767. The Labute approximate surface area is 161 Å². The van der Waals surface area contributed by atoms with Crippen LogP contribution in [0.4, 0.5) is 0 Å². The maximum absolute atomic E-state index is 12.1. The van der Waals surface area contributed by atoms with E-state index < -0.39 is 0 Å². The van der Waals surface area contributed by atoms with Crippen molar-refractivity contribution in [3.05, 3.63) is 46.8 Å². The molecule has 1 heterocycles. The zero-order chi connectivity index (χ0) is 18.4. The van der Waals surface area contributed by atoms with Gasteiger partial charge in [-0.1, -0.05) is 23.2 Å². The summed E-state index contributed by atoms with van der Waals surface area (Å²) in [5, 5.41) is 3.92. The third-order valence-corrected chi connectivity index (χ3v) is 4.51. The molecule has 1 fully saturated rings. The van der Waals surface area contributed by atoms with Crippen molar-refractivity contribution in [2.24, 2.45) is 0 Å². The van der Waals surface area contributed by atoms with Gasteiger partial charge in [-0.25, -0.2) is 4.98 Å². The van der Waals surface area contributed by atoms with Gasteiger partial charge in [-0.2, -0.15) is 0 Å². The Kier molecular flexibility index (Phi) is 6.52. The van der Waals surface area contributed by atoms with Crippen LogP contribution in [0.2, 0.25) is 10.0 Å². The molecule has 1 amide bonds. The summed E-state index contributed by atoms with van der Waals surface area (Å²) in [6.07, 6.45) is 8.32. The average Bonchev–Trinajstić information content (AvgIpc) is 2.62. The molecule has 2 aromatic rings. The summed E-state index contributed by atoms with van der Waals surface area (Å²) >= 11 is 11.8. The first-order valence-corrected chi connectivity index (χ1v) is 9.15. The van der Waals surface area contributed by atoms with Crippen molar-refractivity contribution < 1.29 is 14.3 Å². The van der Waals surface area contributed by atoms with E-state index in [1.807, 2.05) is 0 Å². The molecular weight excluding hydrogens is 377 g/mol. The first-order chi connectivity index (χ1) is 12.6. The topological polar surface area (TPSA) is 73.3 Å². The van der Waals surface area contributed by atoms with E-state index in [2.05, 4.69) is 15.3 Å². The highest BCUT2D eigenvalue weighted by molar-refractivity contribution is 6.34. The van der Waals surface area contributed by atoms with E-state index in [1.54, 1.807) is 36.8 Å². The Morgan fingerprint density at radius 3 is 2.50 bits per heavy atom. The number of benzene rings is 1. The van der Waals surface area contributed by atoms with Gasteiger partial charge in [0.2, 0.25) is 5.88 Å². The fraction of sp³-hybridized carbons (Fsp3) is 0.389. The van der Waals surface area contributed by atoms with E-state index in [0.29, 0.717) is 21.7 Å². The third-order valence-electron chi connectivity index (χ3n) is 4.07. The summed E-state index contributed by atoms with van der Waals surface area (Å²) < 4.78 is 11.3. The lowest BCUT2D eigenvalue weighted by Crippen LogP contribution is -2.41. The molecule has 0 aliphatic heterocycles. The molecule has 1 saturated carbocycles. The molecule has 0 atom stereocenters. The minimum absolute atomic E-state index is 0.0767. The van der Waals surface area contributed by atoms with Crippen LogP contribution in [-0.2, 0) is 4.79 Å². The lowest BCUT2D eigenvalue weighted by atomic mass is 9.93. The van der Waals surface area contributed by atoms with Crippen molar-refractivity contribution in [1.29, 1.82) is 0 Å². The van der Waals surface area contributed by atoms with Crippen molar-refractivity contribution >= 4 is 29.1 Å². The molecule has 1 N–H and O–H groups in total. The van der Waals surface area contributed by atoms with Crippen LogP contribution >= 0.6 is 23.2 Å². The van der Waals surface area contributed by atoms with E-state index in [9.17, 15) is 4.79 Å². The first kappa shape index (κ1) is 18.7. The molecule has 1 aliphatic rings. The number of hydrogen-bond acceptors (Lipinski definition) is 5. The number of aromatic nitrogens is 2. The smallest absolute Gasteiger partial charge is 0.258 e. The third kappa shape index (κ3) is 5.75. The average molecular weight is 396 g/mol. The van der Waals surface area contributed by atoms with E-state index in [0.717, 1.165) is 25.7 Å². The lowest BCUT2D eigenvalue weighted by molar-refractivity contribution is -0.124. The molecule has 0 saturated heterocycles. The SMILES string of the molecule is O=C(COc1cc(Cl)cc(Cl)c1)NC1CCC(Oc2cnccn2)CC1. The Bertz CT molecular complexity index is 717.